The fourth-order valence-electron chi connectivity index (χ4n) is 2.28. The van der Waals surface area contributed by atoms with Crippen LogP contribution in [0.3, 0.4) is 0 Å². The van der Waals surface area contributed by atoms with Crippen LogP contribution in [-0.4, -0.2) is 35.1 Å². The zero-order valence-electron chi connectivity index (χ0n) is 10.9. The van der Waals surface area contributed by atoms with Gasteiger partial charge in [0.25, 0.3) is 5.56 Å². The molecule has 0 spiro atoms. The van der Waals surface area contributed by atoms with E-state index in [2.05, 4.69) is 10.00 Å². The Labute approximate surface area is 111 Å². The highest BCUT2D eigenvalue weighted by Crippen LogP contribution is 2.24. The molecule has 2 atom stereocenters. The Kier molecular flexibility index (Phi) is 3.92. The lowest BCUT2D eigenvalue weighted by molar-refractivity contribution is -0.00524. The minimum Gasteiger partial charge on any atom is -0.372 e. The van der Waals surface area contributed by atoms with Crippen molar-refractivity contribution in [2.24, 2.45) is 0 Å². The lowest BCUT2D eigenvalue weighted by atomic mass is 10.2. The topological polar surface area (TPSA) is 47.4 Å². The van der Waals surface area contributed by atoms with Crippen LogP contribution in [0, 0.1) is 0 Å². The number of anilines is 1. The lowest BCUT2D eigenvalue weighted by Gasteiger charge is -2.36. The van der Waals surface area contributed by atoms with Gasteiger partial charge >= 0.3 is 0 Å². The van der Waals surface area contributed by atoms with Crippen molar-refractivity contribution in [3.63, 3.8) is 0 Å². The van der Waals surface area contributed by atoms with Gasteiger partial charge in [-0.3, -0.25) is 4.79 Å². The van der Waals surface area contributed by atoms with Crippen molar-refractivity contribution in [2.45, 2.75) is 39.5 Å². The molecule has 1 fully saturated rings. The number of hydrogen-bond acceptors (Lipinski definition) is 4. The standard InChI is InChI=1S/C12H18ClN3O2/c1-4-16-12(17)11(13)10(5-14-16)15-6-8(2)18-9(3)7-15/h5,8-9H,4,6-7H2,1-3H3. The van der Waals surface area contributed by atoms with E-state index >= 15 is 0 Å². The third-order valence-corrected chi connectivity index (χ3v) is 3.38. The lowest BCUT2D eigenvalue weighted by Crippen LogP contribution is -2.46. The maximum Gasteiger partial charge on any atom is 0.287 e. The molecule has 18 heavy (non-hydrogen) atoms. The normalized spacial score (nSPS) is 24.3. The molecule has 100 valence electrons. The second kappa shape index (κ2) is 5.28. The van der Waals surface area contributed by atoms with E-state index in [4.69, 9.17) is 16.3 Å². The van der Waals surface area contributed by atoms with Gasteiger partial charge < -0.3 is 9.64 Å². The van der Waals surface area contributed by atoms with Crippen LogP contribution in [0.25, 0.3) is 0 Å². The molecule has 1 aromatic heterocycles. The van der Waals surface area contributed by atoms with Gasteiger partial charge in [-0.1, -0.05) is 11.6 Å². The van der Waals surface area contributed by atoms with E-state index < -0.39 is 0 Å². The zero-order chi connectivity index (χ0) is 13.3. The van der Waals surface area contributed by atoms with Crippen LogP contribution in [0.2, 0.25) is 5.02 Å². The van der Waals surface area contributed by atoms with Crippen molar-refractivity contribution in [2.75, 3.05) is 18.0 Å². The van der Waals surface area contributed by atoms with Crippen molar-refractivity contribution in [1.82, 2.24) is 9.78 Å². The monoisotopic (exact) mass is 271 g/mol. The van der Waals surface area contributed by atoms with E-state index in [0.29, 0.717) is 12.2 Å². The Hall–Kier alpha value is -1.07. The summed E-state index contributed by atoms with van der Waals surface area (Å²) in [5.41, 5.74) is 0.469. The van der Waals surface area contributed by atoms with Crippen molar-refractivity contribution in [1.29, 1.82) is 0 Å². The molecule has 6 heteroatoms. The van der Waals surface area contributed by atoms with E-state index in [9.17, 15) is 4.79 Å². The summed E-state index contributed by atoms with van der Waals surface area (Å²) in [7, 11) is 0. The number of aryl methyl sites for hydroxylation is 1. The Morgan fingerprint density at radius 3 is 2.61 bits per heavy atom. The average molecular weight is 272 g/mol. The predicted molar refractivity (Wildman–Crippen MR) is 71.4 cm³/mol. The number of rotatable bonds is 2. The predicted octanol–water partition coefficient (Wildman–Crippen LogP) is 1.53. The number of halogens is 1. The zero-order valence-corrected chi connectivity index (χ0v) is 11.6. The van der Waals surface area contributed by atoms with Crippen LogP contribution in [0.5, 0.6) is 0 Å². The largest absolute Gasteiger partial charge is 0.372 e. The van der Waals surface area contributed by atoms with E-state index in [1.165, 1.54) is 4.68 Å². The van der Waals surface area contributed by atoms with Gasteiger partial charge in [0, 0.05) is 19.6 Å². The minimum atomic E-state index is -0.233. The molecule has 0 aliphatic carbocycles. The van der Waals surface area contributed by atoms with Gasteiger partial charge in [-0.05, 0) is 20.8 Å². The van der Waals surface area contributed by atoms with Gasteiger partial charge in [-0.15, -0.1) is 0 Å². The second-order valence-corrected chi connectivity index (χ2v) is 5.00. The molecular weight excluding hydrogens is 254 g/mol. The Bertz CT molecular complexity index is 479. The smallest absolute Gasteiger partial charge is 0.287 e. The molecule has 0 radical (unpaired) electrons. The second-order valence-electron chi connectivity index (χ2n) is 4.63. The first-order chi connectivity index (χ1) is 8.52. The third kappa shape index (κ3) is 2.52. The quantitative estimate of drug-likeness (QED) is 0.818. The molecule has 2 unspecified atom stereocenters. The van der Waals surface area contributed by atoms with Crippen LogP contribution in [0.15, 0.2) is 11.0 Å². The van der Waals surface area contributed by atoms with Gasteiger partial charge in [0.05, 0.1) is 24.1 Å². The van der Waals surface area contributed by atoms with Gasteiger partial charge in [0.2, 0.25) is 0 Å². The molecule has 0 bridgehead atoms. The molecule has 0 N–H and O–H groups in total. The number of nitrogens with zero attached hydrogens (tertiary/aromatic N) is 3. The fraction of sp³-hybridized carbons (Fsp3) is 0.667. The molecule has 5 nitrogen and oxygen atoms in total. The molecule has 0 aromatic carbocycles. The Balaban J connectivity index is 2.34. The summed E-state index contributed by atoms with van der Waals surface area (Å²) in [5, 5.41) is 4.36. The van der Waals surface area contributed by atoms with Gasteiger partial charge in [-0.2, -0.15) is 5.10 Å². The summed E-state index contributed by atoms with van der Waals surface area (Å²) in [6.45, 7) is 7.86. The van der Waals surface area contributed by atoms with E-state index in [1.807, 2.05) is 20.8 Å². The first kappa shape index (κ1) is 13.4. The number of aromatic nitrogens is 2. The van der Waals surface area contributed by atoms with E-state index in [0.717, 1.165) is 13.1 Å². The van der Waals surface area contributed by atoms with Gasteiger partial charge in [0.1, 0.15) is 5.02 Å². The molecule has 2 heterocycles. The highest BCUT2D eigenvalue weighted by molar-refractivity contribution is 6.33. The summed E-state index contributed by atoms with van der Waals surface area (Å²) in [4.78, 5) is 14.0. The summed E-state index contributed by atoms with van der Waals surface area (Å²) >= 11 is 6.15. The molecule has 0 saturated carbocycles. The number of hydrogen-bond donors (Lipinski definition) is 0. The summed E-state index contributed by atoms with van der Waals surface area (Å²) < 4.78 is 7.02. The van der Waals surface area contributed by atoms with Crippen LogP contribution < -0.4 is 10.5 Å². The van der Waals surface area contributed by atoms with Gasteiger partial charge in [0.15, 0.2) is 0 Å². The molecule has 1 aromatic rings. The first-order valence-electron chi connectivity index (χ1n) is 6.19. The highest BCUT2D eigenvalue weighted by Gasteiger charge is 2.25. The number of ether oxygens (including phenoxy) is 1. The maximum atomic E-state index is 11.9. The van der Waals surface area contributed by atoms with Crippen LogP contribution >= 0.6 is 11.6 Å². The summed E-state index contributed by atoms with van der Waals surface area (Å²) in [6.07, 6.45) is 1.91. The van der Waals surface area contributed by atoms with Gasteiger partial charge in [-0.25, -0.2) is 4.68 Å². The molecule has 1 aliphatic rings. The van der Waals surface area contributed by atoms with E-state index in [-0.39, 0.29) is 22.8 Å². The van der Waals surface area contributed by atoms with Crippen molar-refractivity contribution < 1.29 is 4.74 Å². The SMILES string of the molecule is CCn1ncc(N2CC(C)OC(C)C2)c(Cl)c1=O. The molecule has 1 saturated heterocycles. The minimum absolute atomic E-state index is 0.124. The van der Waals surface area contributed by atoms with Crippen molar-refractivity contribution >= 4 is 17.3 Å². The average Bonchev–Trinajstić information content (AvgIpc) is 2.31. The molecule has 0 amide bonds. The summed E-state index contributed by atoms with van der Waals surface area (Å²) in [5.74, 6) is 0. The van der Waals surface area contributed by atoms with Crippen molar-refractivity contribution in [3.8, 4) is 0 Å². The summed E-state index contributed by atoms with van der Waals surface area (Å²) in [6, 6.07) is 0. The molecule has 1 aliphatic heterocycles. The maximum absolute atomic E-state index is 11.9. The van der Waals surface area contributed by atoms with Crippen LogP contribution in [-0.2, 0) is 11.3 Å². The van der Waals surface area contributed by atoms with Crippen molar-refractivity contribution in [3.05, 3.63) is 21.6 Å². The molecule has 2 rings (SSSR count). The van der Waals surface area contributed by atoms with Crippen LogP contribution in [0.4, 0.5) is 5.69 Å². The Morgan fingerprint density at radius 1 is 1.44 bits per heavy atom. The highest BCUT2D eigenvalue weighted by atomic mass is 35.5. The molecular formula is C12H18ClN3O2. The van der Waals surface area contributed by atoms with Crippen LogP contribution in [0.1, 0.15) is 20.8 Å². The fourth-order valence-corrected chi connectivity index (χ4v) is 2.54. The Morgan fingerprint density at radius 2 is 2.06 bits per heavy atom. The first-order valence-corrected chi connectivity index (χ1v) is 6.56. The van der Waals surface area contributed by atoms with E-state index in [1.54, 1.807) is 6.20 Å². The number of morpholine rings is 1. The third-order valence-electron chi connectivity index (χ3n) is 3.03.